The fraction of sp³-hybridized carbons (Fsp3) is 0.467. The normalized spacial score (nSPS) is 10.2. The number of carbonyl (C=O) groups excluding carboxylic acids is 1. The minimum Gasteiger partial charge on any atom is -0.465 e. The van der Waals surface area contributed by atoms with Crippen LogP contribution in [-0.4, -0.2) is 30.7 Å². The first-order valence-corrected chi connectivity index (χ1v) is 7.22. The minimum absolute atomic E-state index is 0.210. The summed E-state index contributed by atoms with van der Waals surface area (Å²) in [5.41, 5.74) is 8.57. The topological polar surface area (TPSA) is 55.6 Å². The van der Waals surface area contributed by atoms with E-state index >= 15 is 0 Å². The van der Waals surface area contributed by atoms with Crippen molar-refractivity contribution in [2.45, 2.75) is 27.2 Å². The number of hydrogen-bond donors (Lipinski definition) is 1. The number of thiocarbonyl (C=S) groups is 1. The van der Waals surface area contributed by atoms with Crippen molar-refractivity contribution in [2.75, 3.05) is 24.6 Å². The molecule has 0 radical (unpaired) electrons. The van der Waals surface area contributed by atoms with E-state index in [0.29, 0.717) is 11.6 Å². The van der Waals surface area contributed by atoms with Gasteiger partial charge in [0.05, 0.1) is 12.3 Å². The molecule has 0 saturated carbocycles. The molecule has 0 aliphatic heterocycles. The second kappa shape index (κ2) is 7.85. The quantitative estimate of drug-likeness (QED) is 0.618. The molecule has 0 spiro atoms. The van der Waals surface area contributed by atoms with Crippen molar-refractivity contribution in [1.29, 1.82) is 0 Å². The van der Waals surface area contributed by atoms with Gasteiger partial charge in [-0.1, -0.05) is 31.3 Å². The molecule has 0 heterocycles. The number of rotatable bonds is 7. The Bertz CT molecular complexity index is 489. The third kappa shape index (κ3) is 4.20. The van der Waals surface area contributed by atoms with Crippen LogP contribution < -0.4 is 10.6 Å². The van der Waals surface area contributed by atoms with Gasteiger partial charge in [-0.3, -0.25) is 4.79 Å². The lowest BCUT2D eigenvalue weighted by atomic mass is 10.1. The Labute approximate surface area is 125 Å². The molecule has 4 nitrogen and oxygen atoms in total. The summed E-state index contributed by atoms with van der Waals surface area (Å²) in [5.74, 6) is -0.238. The zero-order valence-electron chi connectivity index (χ0n) is 12.3. The number of carbonyl (C=O) groups is 1. The smallest absolute Gasteiger partial charge is 0.325 e. The Hall–Kier alpha value is -1.62. The van der Waals surface area contributed by atoms with Gasteiger partial charge in [0, 0.05) is 12.1 Å². The van der Waals surface area contributed by atoms with Crippen LogP contribution in [0.3, 0.4) is 0 Å². The van der Waals surface area contributed by atoms with E-state index in [9.17, 15) is 4.79 Å². The summed E-state index contributed by atoms with van der Waals surface area (Å²) in [6.07, 6.45) is 0.921. The fourth-order valence-electron chi connectivity index (χ4n) is 2.18. The van der Waals surface area contributed by atoms with Gasteiger partial charge in [-0.05, 0) is 31.9 Å². The first-order valence-electron chi connectivity index (χ1n) is 6.81. The summed E-state index contributed by atoms with van der Waals surface area (Å²) in [7, 11) is 0. The van der Waals surface area contributed by atoms with Crippen LogP contribution >= 0.6 is 12.2 Å². The Kier molecular flexibility index (Phi) is 6.45. The molecular formula is C15H22N2O2S. The number of ether oxygens (including phenoxy) is 1. The van der Waals surface area contributed by atoms with Crippen LogP contribution in [0.1, 0.15) is 31.4 Å². The summed E-state index contributed by atoms with van der Waals surface area (Å²) in [5, 5.41) is 0. The molecule has 0 aromatic heterocycles. The van der Waals surface area contributed by atoms with Gasteiger partial charge in [0.2, 0.25) is 0 Å². The molecule has 2 N–H and O–H groups in total. The second-order valence-electron chi connectivity index (χ2n) is 4.56. The number of nitrogens with zero attached hydrogens (tertiary/aromatic N) is 1. The molecule has 0 atom stereocenters. The van der Waals surface area contributed by atoms with Crippen molar-refractivity contribution < 1.29 is 9.53 Å². The van der Waals surface area contributed by atoms with Crippen LogP contribution in [0.4, 0.5) is 5.69 Å². The highest BCUT2D eigenvalue weighted by Crippen LogP contribution is 2.25. The van der Waals surface area contributed by atoms with E-state index in [2.05, 4.69) is 6.92 Å². The van der Waals surface area contributed by atoms with E-state index in [0.717, 1.165) is 29.8 Å². The van der Waals surface area contributed by atoms with Crippen molar-refractivity contribution >= 4 is 28.9 Å². The number of esters is 1. The summed E-state index contributed by atoms with van der Waals surface area (Å²) in [4.78, 5) is 14.1. The van der Waals surface area contributed by atoms with E-state index in [4.69, 9.17) is 22.7 Å². The molecular weight excluding hydrogens is 272 g/mol. The van der Waals surface area contributed by atoms with E-state index in [-0.39, 0.29) is 12.5 Å². The molecule has 0 aliphatic rings. The molecule has 0 fully saturated rings. The lowest BCUT2D eigenvalue weighted by Crippen LogP contribution is -2.34. The molecule has 0 aliphatic carbocycles. The first kappa shape index (κ1) is 16.4. The number of nitrogens with two attached hydrogens (primary N) is 1. The molecule has 0 bridgehead atoms. The van der Waals surface area contributed by atoms with Crippen molar-refractivity contribution in [1.82, 2.24) is 0 Å². The number of para-hydroxylation sites is 1. The van der Waals surface area contributed by atoms with Gasteiger partial charge in [-0.2, -0.15) is 0 Å². The van der Waals surface area contributed by atoms with Gasteiger partial charge < -0.3 is 15.4 Å². The highest BCUT2D eigenvalue weighted by Gasteiger charge is 2.18. The van der Waals surface area contributed by atoms with Crippen LogP contribution in [0.5, 0.6) is 0 Å². The fourth-order valence-corrected chi connectivity index (χ4v) is 2.34. The largest absolute Gasteiger partial charge is 0.465 e. The van der Waals surface area contributed by atoms with Gasteiger partial charge in [0.25, 0.3) is 0 Å². The summed E-state index contributed by atoms with van der Waals surface area (Å²) >= 11 is 5.11. The van der Waals surface area contributed by atoms with E-state index < -0.39 is 0 Å². The summed E-state index contributed by atoms with van der Waals surface area (Å²) < 4.78 is 5.04. The van der Waals surface area contributed by atoms with Crippen LogP contribution in [0, 0.1) is 6.92 Å². The molecule has 20 heavy (non-hydrogen) atoms. The number of anilines is 1. The van der Waals surface area contributed by atoms with E-state index in [1.54, 1.807) is 6.92 Å². The van der Waals surface area contributed by atoms with Crippen molar-refractivity contribution in [3.05, 3.63) is 29.3 Å². The van der Waals surface area contributed by atoms with Crippen LogP contribution in [0.15, 0.2) is 18.2 Å². The maximum atomic E-state index is 11.8. The van der Waals surface area contributed by atoms with E-state index in [1.807, 2.05) is 30.0 Å². The molecule has 110 valence electrons. The van der Waals surface area contributed by atoms with Crippen molar-refractivity contribution in [3.63, 3.8) is 0 Å². The average Bonchev–Trinajstić information content (AvgIpc) is 2.38. The highest BCUT2D eigenvalue weighted by atomic mass is 32.1. The molecule has 0 saturated heterocycles. The number of aryl methyl sites for hydroxylation is 1. The van der Waals surface area contributed by atoms with Gasteiger partial charge >= 0.3 is 5.97 Å². The lowest BCUT2D eigenvalue weighted by molar-refractivity contribution is -0.141. The van der Waals surface area contributed by atoms with Gasteiger partial charge in [0.1, 0.15) is 11.5 Å². The summed E-state index contributed by atoms with van der Waals surface area (Å²) in [6, 6.07) is 5.80. The maximum absolute atomic E-state index is 11.8. The Morgan fingerprint density at radius 3 is 2.65 bits per heavy atom. The number of hydrogen-bond acceptors (Lipinski definition) is 4. The Morgan fingerprint density at radius 2 is 2.10 bits per heavy atom. The standard InChI is InChI=1S/C15H22N2O2S/c1-4-9-17(10-13(18)19-5-2)14-11(3)7-6-8-12(14)15(16)20/h6-8H,4-5,9-10H2,1-3H3,(H2,16,20). The monoisotopic (exact) mass is 294 g/mol. The van der Waals surface area contributed by atoms with Crippen LogP contribution in [-0.2, 0) is 9.53 Å². The second-order valence-corrected chi connectivity index (χ2v) is 5.00. The highest BCUT2D eigenvalue weighted by molar-refractivity contribution is 7.80. The number of benzene rings is 1. The molecule has 1 aromatic rings. The maximum Gasteiger partial charge on any atom is 0.325 e. The molecule has 1 aromatic carbocycles. The minimum atomic E-state index is -0.238. The van der Waals surface area contributed by atoms with Gasteiger partial charge in [0.15, 0.2) is 0 Å². The molecule has 0 unspecified atom stereocenters. The lowest BCUT2D eigenvalue weighted by Gasteiger charge is -2.27. The third-order valence-corrected chi connectivity index (χ3v) is 3.16. The summed E-state index contributed by atoms with van der Waals surface area (Å²) in [6.45, 7) is 7.20. The first-order chi connectivity index (χ1) is 9.51. The van der Waals surface area contributed by atoms with Crippen LogP contribution in [0.25, 0.3) is 0 Å². The third-order valence-electron chi connectivity index (χ3n) is 2.94. The molecule has 5 heteroatoms. The van der Waals surface area contributed by atoms with Crippen LogP contribution in [0.2, 0.25) is 0 Å². The zero-order valence-corrected chi connectivity index (χ0v) is 13.1. The predicted octanol–water partition coefficient (Wildman–Crippen LogP) is 2.41. The van der Waals surface area contributed by atoms with Crippen molar-refractivity contribution in [3.8, 4) is 0 Å². The SMILES string of the molecule is CCCN(CC(=O)OCC)c1c(C)cccc1C(N)=S. The van der Waals surface area contributed by atoms with E-state index in [1.165, 1.54) is 0 Å². The Balaban J connectivity index is 3.13. The van der Waals surface area contributed by atoms with Gasteiger partial charge in [-0.25, -0.2) is 0 Å². The Morgan fingerprint density at radius 1 is 1.40 bits per heavy atom. The van der Waals surface area contributed by atoms with Crippen molar-refractivity contribution in [2.24, 2.45) is 5.73 Å². The average molecular weight is 294 g/mol. The van der Waals surface area contributed by atoms with Gasteiger partial charge in [-0.15, -0.1) is 0 Å². The molecule has 0 amide bonds. The zero-order chi connectivity index (χ0) is 15.1. The predicted molar refractivity (Wildman–Crippen MR) is 86.2 cm³/mol. The molecule has 1 rings (SSSR count).